The zero-order chi connectivity index (χ0) is 25.4. The van der Waals surface area contributed by atoms with Crippen molar-refractivity contribution in [3.05, 3.63) is 0 Å². The average molecular weight is 518 g/mol. The summed E-state index contributed by atoms with van der Waals surface area (Å²) in [7, 11) is -10.1. The zero-order valence-electron chi connectivity index (χ0n) is 15.8. The summed E-state index contributed by atoms with van der Waals surface area (Å²) >= 11 is 0. The van der Waals surface area contributed by atoms with Crippen molar-refractivity contribution >= 4 is 27.9 Å². The van der Waals surface area contributed by atoms with Gasteiger partial charge in [-0.3, -0.25) is 13.8 Å². The number of esters is 1. The summed E-state index contributed by atoms with van der Waals surface area (Å²) < 4.78 is 33.2. The van der Waals surface area contributed by atoms with Gasteiger partial charge in [-0.25, -0.2) is 13.9 Å². The van der Waals surface area contributed by atoms with E-state index in [1.54, 1.807) is 0 Å². The molecule has 0 aliphatic heterocycles. The first kappa shape index (κ1) is 31.1. The molecule has 0 aliphatic rings. The highest BCUT2D eigenvalue weighted by Crippen LogP contribution is 2.36. The van der Waals surface area contributed by atoms with E-state index in [1.165, 1.54) is 0 Å². The van der Waals surface area contributed by atoms with E-state index in [0.29, 0.717) is 0 Å². The van der Waals surface area contributed by atoms with Crippen LogP contribution in [-0.2, 0) is 32.5 Å². The van der Waals surface area contributed by atoms with Gasteiger partial charge < -0.3 is 60.1 Å². The molecule has 18 nitrogen and oxygen atoms in total. The summed E-state index contributed by atoms with van der Waals surface area (Å²) in [6.07, 6.45) is -19.5. The average Bonchev–Trinajstić information content (AvgIpc) is 2.69. The fourth-order valence-corrected chi connectivity index (χ4v) is 2.60. The molecule has 11 N–H and O–H groups in total. The molecule has 32 heavy (non-hydrogen) atoms. The second kappa shape index (κ2) is 13.1. The van der Waals surface area contributed by atoms with Crippen LogP contribution in [0.5, 0.6) is 0 Å². The molecule has 0 amide bonds. The Labute approximate surface area is 178 Å². The van der Waals surface area contributed by atoms with Crippen LogP contribution in [0.2, 0.25) is 0 Å². The van der Waals surface area contributed by atoms with E-state index in [0.717, 1.165) is 0 Å². The molecule has 0 bridgehead atoms. The summed E-state index contributed by atoms with van der Waals surface area (Å²) in [6.45, 7) is -2.45. The Bertz CT molecular complexity index is 689. The highest BCUT2D eigenvalue weighted by Gasteiger charge is 2.40. The quantitative estimate of drug-likeness (QED) is 0.0545. The minimum absolute atomic E-state index is 0.291. The third-order valence-electron chi connectivity index (χ3n) is 3.60. The minimum Gasteiger partial charge on any atom is -0.450 e. The van der Waals surface area contributed by atoms with Gasteiger partial charge in [-0.15, -0.1) is 0 Å². The number of aliphatic hydroxyl groups excluding tert-OH is 7. The number of phosphoric acid groups is 2. The van der Waals surface area contributed by atoms with Crippen molar-refractivity contribution in [3.8, 4) is 0 Å². The highest BCUT2D eigenvalue weighted by atomic mass is 31.2. The smallest absolute Gasteiger partial charge is 0.450 e. The van der Waals surface area contributed by atoms with E-state index in [2.05, 4.69) is 13.8 Å². The molecule has 0 heterocycles. The zero-order valence-corrected chi connectivity index (χ0v) is 17.6. The Morgan fingerprint density at radius 2 is 1.09 bits per heavy atom. The first-order chi connectivity index (χ1) is 14.4. The number of aldehydes is 1. The van der Waals surface area contributed by atoms with E-state index in [1.807, 2.05) is 0 Å². The maximum atomic E-state index is 11.8. The standard InChI is InChI=1S/C12H24O18P2/c13-1-6(9(18)7(16)4(14)2-28-31(22,23)24)30-12(21)11(20)10(19)8(17)5(15)3-29-32(25,26)27/h1,4-11,14-20H,2-3H2,(H2,22,23,24)(H2,25,26,27)/t4-,5-,6+,7-,8-,9-,10+,11-/m1/s1. The lowest BCUT2D eigenvalue weighted by Crippen LogP contribution is -2.52. The normalized spacial score (nSPS) is 20.3. The molecule has 0 fully saturated rings. The topological polar surface area (TPSA) is 318 Å². The van der Waals surface area contributed by atoms with Crippen LogP contribution in [0.3, 0.4) is 0 Å². The molecule has 190 valence electrons. The van der Waals surface area contributed by atoms with Gasteiger partial charge >= 0.3 is 21.6 Å². The van der Waals surface area contributed by atoms with E-state index < -0.39 is 83.7 Å². The second-order valence-electron chi connectivity index (χ2n) is 6.15. The number of rotatable bonds is 15. The van der Waals surface area contributed by atoms with Crippen molar-refractivity contribution < 1.29 is 87.8 Å². The second-order valence-corrected chi connectivity index (χ2v) is 8.63. The van der Waals surface area contributed by atoms with Crippen molar-refractivity contribution in [1.82, 2.24) is 0 Å². The van der Waals surface area contributed by atoms with Gasteiger partial charge in [-0.05, 0) is 0 Å². The van der Waals surface area contributed by atoms with Crippen LogP contribution in [0.4, 0.5) is 0 Å². The number of phosphoric ester groups is 2. The predicted molar refractivity (Wildman–Crippen MR) is 94.0 cm³/mol. The molecule has 0 aromatic heterocycles. The third-order valence-corrected chi connectivity index (χ3v) is 4.57. The molecule has 0 aliphatic carbocycles. The van der Waals surface area contributed by atoms with Gasteiger partial charge in [-0.2, -0.15) is 0 Å². The molecule has 0 aromatic rings. The van der Waals surface area contributed by atoms with Crippen LogP contribution in [0, 0.1) is 0 Å². The predicted octanol–water partition coefficient (Wildman–Crippen LogP) is -6.16. The molecule has 8 atom stereocenters. The van der Waals surface area contributed by atoms with Crippen LogP contribution < -0.4 is 0 Å². The maximum Gasteiger partial charge on any atom is 0.469 e. The molecule has 0 saturated heterocycles. The Balaban J connectivity index is 4.99. The fourth-order valence-electron chi connectivity index (χ4n) is 1.90. The molecule has 0 rings (SSSR count). The van der Waals surface area contributed by atoms with Gasteiger partial charge in [-0.1, -0.05) is 0 Å². The third kappa shape index (κ3) is 11.3. The maximum absolute atomic E-state index is 11.8. The van der Waals surface area contributed by atoms with Gasteiger partial charge in [0.05, 0.1) is 13.2 Å². The van der Waals surface area contributed by atoms with Crippen LogP contribution in [-0.4, -0.2) is 130 Å². The van der Waals surface area contributed by atoms with E-state index >= 15 is 0 Å². The first-order valence-corrected chi connectivity index (χ1v) is 11.3. The Morgan fingerprint density at radius 3 is 1.44 bits per heavy atom. The van der Waals surface area contributed by atoms with Crippen molar-refractivity contribution in [2.75, 3.05) is 13.2 Å². The molecule has 0 unspecified atom stereocenters. The lowest BCUT2D eigenvalue weighted by molar-refractivity contribution is -0.186. The Kier molecular flexibility index (Phi) is 12.7. The number of hydrogen-bond acceptors (Lipinski definition) is 14. The lowest BCUT2D eigenvalue weighted by atomic mass is 10.0. The van der Waals surface area contributed by atoms with Gasteiger partial charge in [0, 0.05) is 0 Å². The minimum atomic E-state index is -5.07. The van der Waals surface area contributed by atoms with Gasteiger partial charge in [0.1, 0.15) is 36.6 Å². The summed E-state index contributed by atoms with van der Waals surface area (Å²) in [6, 6.07) is 0. The summed E-state index contributed by atoms with van der Waals surface area (Å²) in [5, 5.41) is 67.5. The Morgan fingerprint density at radius 1 is 0.719 bits per heavy atom. The number of aliphatic hydroxyl groups is 7. The Hall–Kier alpha value is -0.920. The highest BCUT2D eigenvalue weighted by molar-refractivity contribution is 7.46. The van der Waals surface area contributed by atoms with Crippen molar-refractivity contribution in [2.24, 2.45) is 0 Å². The molecular formula is C12H24O18P2. The summed E-state index contributed by atoms with van der Waals surface area (Å²) in [5.41, 5.74) is 0. The van der Waals surface area contributed by atoms with E-state index in [-0.39, 0.29) is 6.29 Å². The SMILES string of the molecule is O=C[C@H](OC(=O)[C@H](O)[C@@H](O)[C@H](O)[C@H](O)COP(=O)(O)O)[C@@H](O)[C@H](O)[C@H](O)COP(=O)(O)O. The largest absolute Gasteiger partial charge is 0.469 e. The first-order valence-electron chi connectivity index (χ1n) is 8.23. The van der Waals surface area contributed by atoms with E-state index in [9.17, 15) is 54.5 Å². The molecule has 0 radical (unpaired) electrons. The van der Waals surface area contributed by atoms with Crippen molar-refractivity contribution in [1.29, 1.82) is 0 Å². The molecule has 20 heteroatoms. The van der Waals surface area contributed by atoms with Crippen molar-refractivity contribution in [2.45, 2.75) is 48.8 Å². The van der Waals surface area contributed by atoms with E-state index in [4.69, 9.17) is 19.6 Å². The van der Waals surface area contributed by atoms with Crippen LogP contribution in [0.15, 0.2) is 0 Å². The number of carbonyl (C=O) groups excluding carboxylic acids is 2. The van der Waals surface area contributed by atoms with Crippen LogP contribution in [0.1, 0.15) is 0 Å². The number of ether oxygens (including phenoxy) is 1. The number of carbonyl (C=O) groups is 2. The number of hydrogen-bond donors (Lipinski definition) is 11. The van der Waals surface area contributed by atoms with Crippen molar-refractivity contribution in [3.63, 3.8) is 0 Å². The van der Waals surface area contributed by atoms with Crippen LogP contribution >= 0.6 is 15.6 Å². The summed E-state index contributed by atoms with van der Waals surface area (Å²) in [5.74, 6) is -1.90. The van der Waals surface area contributed by atoms with Crippen LogP contribution in [0.25, 0.3) is 0 Å². The monoisotopic (exact) mass is 518 g/mol. The lowest BCUT2D eigenvalue weighted by Gasteiger charge is -2.28. The van der Waals surface area contributed by atoms with Gasteiger partial charge in [0.25, 0.3) is 0 Å². The molecule has 0 aromatic carbocycles. The fraction of sp³-hybridized carbons (Fsp3) is 0.833. The molecular weight excluding hydrogens is 494 g/mol. The van der Waals surface area contributed by atoms with Gasteiger partial charge in [0.2, 0.25) is 0 Å². The van der Waals surface area contributed by atoms with Gasteiger partial charge in [0.15, 0.2) is 18.5 Å². The summed E-state index contributed by atoms with van der Waals surface area (Å²) in [4.78, 5) is 56.8. The molecule has 0 saturated carbocycles. The molecule has 0 spiro atoms.